The van der Waals surface area contributed by atoms with Gasteiger partial charge in [-0.2, -0.15) is 4.98 Å². The predicted octanol–water partition coefficient (Wildman–Crippen LogP) is 1.01. The summed E-state index contributed by atoms with van der Waals surface area (Å²) >= 11 is 0. The van der Waals surface area contributed by atoms with Crippen LogP contribution in [0.4, 0.5) is 5.82 Å². The molecule has 1 atom stereocenters. The summed E-state index contributed by atoms with van der Waals surface area (Å²) in [6.45, 7) is 3.45. The third kappa shape index (κ3) is 3.64. The van der Waals surface area contributed by atoms with Crippen molar-refractivity contribution in [2.45, 2.75) is 25.7 Å². The van der Waals surface area contributed by atoms with Crippen LogP contribution in [0.5, 0.6) is 0 Å². The van der Waals surface area contributed by atoms with E-state index in [0.29, 0.717) is 24.1 Å². The zero-order valence-corrected chi connectivity index (χ0v) is 13.3. The molecule has 1 saturated heterocycles. The number of piperidine rings is 1. The molecule has 23 heavy (non-hydrogen) atoms. The molecular formula is C15H20N6O2. The summed E-state index contributed by atoms with van der Waals surface area (Å²) in [6.07, 6.45) is 6.78. The molecule has 0 saturated carbocycles. The van der Waals surface area contributed by atoms with Crippen LogP contribution in [0.1, 0.15) is 30.5 Å². The molecule has 0 N–H and O–H groups in total. The molecule has 0 aromatic carbocycles. The van der Waals surface area contributed by atoms with Crippen molar-refractivity contribution in [1.82, 2.24) is 25.0 Å². The Bertz CT molecular complexity index is 659. The fourth-order valence-electron chi connectivity index (χ4n) is 2.76. The predicted molar refractivity (Wildman–Crippen MR) is 82.9 cm³/mol. The number of rotatable bonds is 4. The van der Waals surface area contributed by atoms with Gasteiger partial charge in [0.2, 0.25) is 11.8 Å². The van der Waals surface area contributed by atoms with E-state index in [1.807, 2.05) is 11.9 Å². The summed E-state index contributed by atoms with van der Waals surface area (Å²) in [5, 5.41) is 3.84. The summed E-state index contributed by atoms with van der Waals surface area (Å²) in [5.41, 5.74) is 0. The molecular weight excluding hydrogens is 296 g/mol. The molecule has 2 aromatic rings. The smallest absolute Gasteiger partial charge is 0.242 e. The van der Waals surface area contributed by atoms with Gasteiger partial charge in [0, 0.05) is 32.5 Å². The van der Waals surface area contributed by atoms with Gasteiger partial charge in [-0.3, -0.25) is 9.78 Å². The van der Waals surface area contributed by atoms with E-state index in [9.17, 15) is 4.79 Å². The zero-order chi connectivity index (χ0) is 16.2. The van der Waals surface area contributed by atoms with E-state index in [1.165, 1.54) is 0 Å². The monoisotopic (exact) mass is 316 g/mol. The number of hydrogen-bond acceptors (Lipinski definition) is 7. The number of aryl methyl sites for hydroxylation is 1. The highest BCUT2D eigenvalue weighted by molar-refractivity contribution is 5.81. The Labute approximate surface area is 134 Å². The molecule has 1 aliphatic rings. The fraction of sp³-hybridized carbons (Fsp3) is 0.533. The number of likely N-dealkylation sites (tertiary alicyclic amines) is 1. The summed E-state index contributed by atoms with van der Waals surface area (Å²) in [7, 11) is 1.84. The number of anilines is 1. The molecule has 0 unspecified atom stereocenters. The summed E-state index contributed by atoms with van der Waals surface area (Å²) < 4.78 is 5.25. The lowest BCUT2D eigenvalue weighted by molar-refractivity contribution is -0.131. The molecule has 0 bridgehead atoms. The Kier molecular flexibility index (Phi) is 4.50. The van der Waals surface area contributed by atoms with Crippen molar-refractivity contribution in [3.05, 3.63) is 30.3 Å². The maximum atomic E-state index is 12.5. The van der Waals surface area contributed by atoms with Crippen LogP contribution >= 0.6 is 0 Å². The number of likely N-dealkylation sites (N-methyl/N-ethyl adjacent to an activating group) is 1. The number of nitrogens with zero attached hydrogens (tertiary/aromatic N) is 6. The van der Waals surface area contributed by atoms with Crippen LogP contribution < -0.4 is 4.90 Å². The van der Waals surface area contributed by atoms with E-state index in [4.69, 9.17) is 4.52 Å². The van der Waals surface area contributed by atoms with Crippen LogP contribution in [-0.4, -0.2) is 57.6 Å². The van der Waals surface area contributed by atoms with E-state index < -0.39 is 0 Å². The second-order valence-electron chi connectivity index (χ2n) is 5.78. The van der Waals surface area contributed by atoms with Gasteiger partial charge >= 0.3 is 0 Å². The van der Waals surface area contributed by atoms with E-state index in [1.54, 1.807) is 30.4 Å². The maximum absolute atomic E-state index is 12.5. The van der Waals surface area contributed by atoms with Crippen molar-refractivity contribution in [3.63, 3.8) is 0 Å². The standard InChI is InChI=1S/C15H20N6O2/c1-11-18-15(23-19-11)12-4-3-7-21(9-12)14(22)10-20(2)13-8-16-5-6-17-13/h5-6,8,12H,3-4,7,9-10H2,1-2H3/t12-/m1/s1. The molecule has 0 radical (unpaired) electrons. The van der Waals surface area contributed by atoms with Gasteiger partial charge < -0.3 is 14.3 Å². The number of carbonyl (C=O) groups excluding carboxylic acids is 1. The Balaban J connectivity index is 1.61. The van der Waals surface area contributed by atoms with Gasteiger partial charge in [-0.05, 0) is 19.8 Å². The average molecular weight is 316 g/mol. The topological polar surface area (TPSA) is 88.3 Å². The molecule has 8 nitrogen and oxygen atoms in total. The Morgan fingerprint density at radius 1 is 1.48 bits per heavy atom. The molecule has 2 aromatic heterocycles. The first-order chi connectivity index (χ1) is 11.1. The highest BCUT2D eigenvalue weighted by Crippen LogP contribution is 2.25. The average Bonchev–Trinajstić information content (AvgIpc) is 3.02. The molecule has 1 amide bonds. The van der Waals surface area contributed by atoms with Crippen LogP contribution in [0.25, 0.3) is 0 Å². The molecule has 122 valence electrons. The first-order valence-electron chi connectivity index (χ1n) is 7.68. The van der Waals surface area contributed by atoms with Crippen molar-refractivity contribution < 1.29 is 9.32 Å². The molecule has 0 aliphatic carbocycles. The SMILES string of the molecule is Cc1noc([C@@H]2CCCN(C(=O)CN(C)c3cnccn3)C2)n1. The summed E-state index contributed by atoms with van der Waals surface area (Å²) in [6, 6.07) is 0. The third-order valence-electron chi connectivity index (χ3n) is 3.98. The number of aromatic nitrogens is 4. The number of carbonyl (C=O) groups is 1. The first-order valence-corrected chi connectivity index (χ1v) is 7.68. The van der Waals surface area contributed by atoms with Gasteiger partial charge in [0.25, 0.3) is 0 Å². The normalized spacial score (nSPS) is 18.0. The molecule has 0 spiro atoms. The van der Waals surface area contributed by atoms with E-state index in [-0.39, 0.29) is 18.4 Å². The number of hydrogen-bond donors (Lipinski definition) is 0. The number of amides is 1. The maximum Gasteiger partial charge on any atom is 0.242 e. The fourth-order valence-corrected chi connectivity index (χ4v) is 2.76. The lowest BCUT2D eigenvalue weighted by Crippen LogP contribution is -2.44. The molecule has 8 heteroatoms. The van der Waals surface area contributed by atoms with Crippen molar-refractivity contribution in [2.24, 2.45) is 0 Å². The van der Waals surface area contributed by atoms with Gasteiger partial charge in [-0.25, -0.2) is 4.98 Å². The van der Waals surface area contributed by atoms with E-state index >= 15 is 0 Å². The highest BCUT2D eigenvalue weighted by Gasteiger charge is 2.28. The Morgan fingerprint density at radius 3 is 3.04 bits per heavy atom. The van der Waals surface area contributed by atoms with Crippen LogP contribution in [0, 0.1) is 6.92 Å². The van der Waals surface area contributed by atoms with E-state index in [2.05, 4.69) is 20.1 Å². The second kappa shape index (κ2) is 6.72. The van der Waals surface area contributed by atoms with Crippen molar-refractivity contribution in [1.29, 1.82) is 0 Å². The Hall–Kier alpha value is -2.51. The van der Waals surface area contributed by atoms with Gasteiger partial charge in [0.05, 0.1) is 18.7 Å². The second-order valence-corrected chi connectivity index (χ2v) is 5.78. The largest absolute Gasteiger partial charge is 0.349 e. The van der Waals surface area contributed by atoms with Crippen molar-refractivity contribution in [3.8, 4) is 0 Å². The van der Waals surface area contributed by atoms with Gasteiger partial charge in [0.1, 0.15) is 5.82 Å². The minimum Gasteiger partial charge on any atom is -0.349 e. The molecule has 3 rings (SSSR count). The summed E-state index contributed by atoms with van der Waals surface area (Å²) in [4.78, 5) is 28.7. The lowest BCUT2D eigenvalue weighted by atomic mass is 9.98. The van der Waals surface area contributed by atoms with Gasteiger partial charge in [-0.15, -0.1) is 0 Å². The zero-order valence-electron chi connectivity index (χ0n) is 13.3. The third-order valence-corrected chi connectivity index (χ3v) is 3.98. The van der Waals surface area contributed by atoms with Crippen LogP contribution in [-0.2, 0) is 4.79 Å². The molecule has 1 aliphatic heterocycles. The minimum atomic E-state index is 0.0686. The van der Waals surface area contributed by atoms with Crippen LogP contribution in [0.2, 0.25) is 0 Å². The van der Waals surface area contributed by atoms with Crippen LogP contribution in [0.3, 0.4) is 0 Å². The van der Waals surface area contributed by atoms with Gasteiger partial charge in [0.15, 0.2) is 5.82 Å². The van der Waals surface area contributed by atoms with Crippen LogP contribution in [0.15, 0.2) is 23.1 Å². The molecule has 3 heterocycles. The molecule has 1 fully saturated rings. The lowest BCUT2D eigenvalue weighted by Gasteiger charge is -2.32. The Morgan fingerprint density at radius 2 is 2.35 bits per heavy atom. The quantitative estimate of drug-likeness (QED) is 0.831. The minimum absolute atomic E-state index is 0.0686. The van der Waals surface area contributed by atoms with Gasteiger partial charge in [-0.1, -0.05) is 5.16 Å². The highest BCUT2D eigenvalue weighted by atomic mass is 16.5. The van der Waals surface area contributed by atoms with Crippen molar-refractivity contribution >= 4 is 11.7 Å². The summed E-state index contributed by atoms with van der Waals surface area (Å²) in [5.74, 6) is 2.13. The van der Waals surface area contributed by atoms with E-state index in [0.717, 1.165) is 19.4 Å². The van der Waals surface area contributed by atoms with Crippen molar-refractivity contribution in [2.75, 3.05) is 31.6 Å². The first kappa shape index (κ1) is 15.4.